The van der Waals surface area contributed by atoms with Crippen LogP contribution in [0.5, 0.6) is 0 Å². The third-order valence-electron chi connectivity index (χ3n) is 5.39. The minimum Gasteiger partial charge on any atom is -0.345 e. The van der Waals surface area contributed by atoms with Gasteiger partial charge in [-0.15, -0.1) is 0 Å². The van der Waals surface area contributed by atoms with Crippen molar-refractivity contribution in [1.82, 2.24) is 15.1 Å². The third kappa shape index (κ3) is 3.92. The predicted molar refractivity (Wildman–Crippen MR) is 112 cm³/mol. The van der Waals surface area contributed by atoms with Crippen molar-refractivity contribution in [2.24, 2.45) is 0 Å². The molecule has 2 aromatic carbocycles. The van der Waals surface area contributed by atoms with Gasteiger partial charge in [-0.25, -0.2) is 0 Å². The van der Waals surface area contributed by atoms with Gasteiger partial charge in [0, 0.05) is 29.7 Å². The zero-order chi connectivity index (χ0) is 20.5. The van der Waals surface area contributed by atoms with Crippen LogP contribution >= 0.6 is 15.9 Å². The van der Waals surface area contributed by atoms with Gasteiger partial charge in [0.15, 0.2) is 0 Å². The van der Waals surface area contributed by atoms with Crippen molar-refractivity contribution in [1.29, 1.82) is 0 Å². The minimum atomic E-state index is -0.660. The SMILES string of the molecule is CN(Cc1ccccc1Br)C(=O)CNC(=O)C1c2ccccc2C(=O)N1C1CC1. The largest absolute Gasteiger partial charge is 0.345 e. The number of nitrogens with zero attached hydrogens (tertiary/aromatic N) is 2. The molecule has 1 aliphatic heterocycles. The lowest BCUT2D eigenvalue weighted by Crippen LogP contribution is -2.44. The van der Waals surface area contributed by atoms with Gasteiger partial charge >= 0.3 is 0 Å². The Morgan fingerprint density at radius 3 is 2.55 bits per heavy atom. The molecule has 2 aliphatic rings. The molecule has 150 valence electrons. The lowest BCUT2D eigenvalue weighted by atomic mass is 10.0. The highest BCUT2D eigenvalue weighted by molar-refractivity contribution is 9.10. The molecule has 1 heterocycles. The Bertz CT molecular complexity index is 973. The topological polar surface area (TPSA) is 69.7 Å². The predicted octanol–water partition coefficient (Wildman–Crippen LogP) is 2.88. The minimum absolute atomic E-state index is 0.0966. The van der Waals surface area contributed by atoms with Crippen LogP contribution in [0.3, 0.4) is 0 Å². The highest BCUT2D eigenvalue weighted by Crippen LogP contribution is 2.41. The van der Waals surface area contributed by atoms with E-state index in [4.69, 9.17) is 0 Å². The number of nitrogens with one attached hydrogen (secondary N) is 1. The quantitative estimate of drug-likeness (QED) is 0.727. The summed E-state index contributed by atoms with van der Waals surface area (Å²) in [6.07, 6.45) is 1.83. The van der Waals surface area contributed by atoms with Crippen LogP contribution in [0.1, 0.15) is 40.4 Å². The summed E-state index contributed by atoms with van der Waals surface area (Å²) in [5, 5.41) is 2.74. The second-order valence-corrected chi connectivity index (χ2v) is 8.35. The number of amides is 3. The summed E-state index contributed by atoms with van der Waals surface area (Å²) in [7, 11) is 1.71. The summed E-state index contributed by atoms with van der Waals surface area (Å²) in [6.45, 7) is 0.334. The van der Waals surface area contributed by atoms with Crippen molar-refractivity contribution in [3.05, 3.63) is 69.7 Å². The van der Waals surface area contributed by atoms with Crippen molar-refractivity contribution in [3.63, 3.8) is 0 Å². The van der Waals surface area contributed by atoms with E-state index in [0.717, 1.165) is 28.4 Å². The van der Waals surface area contributed by atoms with Crippen LogP contribution in [0.25, 0.3) is 0 Å². The van der Waals surface area contributed by atoms with Crippen LogP contribution < -0.4 is 5.32 Å². The van der Waals surface area contributed by atoms with Crippen molar-refractivity contribution in [3.8, 4) is 0 Å². The van der Waals surface area contributed by atoms with Gasteiger partial charge in [-0.3, -0.25) is 14.4 Å². The van der Waals surface area contributed by atoms with Gasteiger partial charge in [0.2, 0.25) is 11.8 Å². The Labute approximate surface area is 178 Å². The normalized spacial score (nSPS) is 17.8. The Morgan fingerprint density at radius 1 is 1.14 bits per heavy atom. The lowest BCUT2D eigenvalue weighted by Gasteiger charge is -2.25. The molecule has 0 spiro atoms. The molecule has 1 fully saturated rings. The molecule has 4 rings (SSSR count). The number of carbonyl (C=O) groups excluding carboxylic acids is 3. The van der Waals surface area contributed by atoms with E-state index in [1.165, 1.54) is 0 Å². The monoisotopic (exact) mass is 455 g/mol. The number of benzene rings is 2. The average Bonchev–Trinajstić information content (AvgIpc) is 3.51. The van der Waals surface area contributed by atoms with E-state index in [-0.39, 0.29) is 30.3 Å². The van der Waals surface area contributed by atoms with Gasteiger partial charge < -0.3 is 15.1 Å². The summed E-state index contributed by atoms with van der Waals surface area (Å²) in [4.78, 5) is 41.5. The molecular weight excluding hydrogens is 434 g/mol. The highest BCUT2D eigenvalue weighted by atomic mass is 79.9. The molecule has 1 atom stereocenters. The van der Waals surface area contributed by atoms with E-state index in [9.17, 15) is 14.4 Å². The summed E-state index contributed by atoms with van der Waals surface area (Å²) in [5.74, 6) is -0.594. The number of rotatable bonds is 6. The van der Waals surface area contributed by atoms with Gasteiger partial charge in [-0.05, 0) is 36.1 Å². The van der Waals surface area contributed by atoms with Crippen LogP contribution in [0, 0.1) is 0 Å². The lowest BCUT2D eigenvalue weighted by molar-refractivity contribution is -0.133. The van der Waals surface area contributed by atoms with Crippen LogP contribution in [0.15, 0.2) is 53.0 Å². The maximum Gasteiger partial charge on any atom is 0.255 e. The summed E-state index contributed by atoms with van der Waals surface area (Å²) >= 11 is 3.48. The highest BCUT2D eigenvalue weighted by Gasteiger charge is 2.47. The fourth-order valence-corrected chi connectivity index (χ4v) is 4.11. The van der Waals surface area contributed by atoms with Crippen molar-refractivity contribution >= 4 is 33.7 Å². The van der Waals surface area contributed by atoms with Gasteiger partial charge in [-0.1, -0.05) is 52.3 Å². The standard InChI is InChI=1S/C22H22BrN3O3/c1-25(13-14-6-2-5-9-18(14)23)19(27)12-24-21(28)20-16-7-3-4-8-17(16)22(29)26(20)15-10-11-15/h2-9,15,20H,10-13H2,1H3,(H,24,28). The molecule has 0 radical (unpaired) electrons. The number of hydrogen-bond donors (Lipinski definition) is 1. The summed E-state index contributed by atoms with van der Waals surface area (Å²) < 4.78 is 0.935. The number of hydrogen-bond acceptors (Lipinski definition) is 3. The first-order chi connectivity index (χ1) is 14.0. The maximum atomic E-state index is 13.0. The molecule has 29 heavy (non-hydrogen) atoms. The van der Waals surface area contributed by atoms with E-state index in [0.29, 0.717) is 12.1 Å². The van der Waals surface area contributed by atoms with Crippen molar-refractivity contribution in [2.45, 2.75) is 31.5 Å². The Morgan fingerprint density at radius 2 is 1.83 bits per heavy atom. The molecule has 0 saturated heterocycles. The van der Waals surface area contributed by atoms with Crippen molar-refractivity contribution < 1.29 is 14.4 Å². The molecule has 6 nitrogen and oxygen atoms in total. The Hall–Kier alpha value is -2.67. The van der Waals surface area contributed by atoms with E-state index in [2.05, 4.69) is 21.2 Å². The fraction of sp³-hybridized carbons (Fsp3) is 0.318. The summed E-state index contributed by atoms with van der Waals surface area (Å²) in [5.41, 5.74) is 2.29. The molecule has 7 heteroatoms. The molecule has 1 unspecified atom stereocenters. The average molecular weight is 456 g/mol. The number of fused-ring (bicyclic) bond motifs is 1. The number of likely N-dealkylation sites (N-methyl/N-ethyl adjacent to an activating group) is 1. The number of halogens is 1. The van der Waals surface area contributed by atoms with E-state index in [1.54, 1.807) is 22.9 Å². The molecule has 0 bridgehead atoms. The first-order valence-electron chi connectivity index (χ1n) is 9.64. The zero-order valence-corrected chi connectivity index (χ0v) is 17.7. The van der Waals surface area contributed by atoms with Gasteiger partial charge in [-0.2, -0.15) is 0 Å². The van der Waals surface area contributed by atoms with E-state index < -0.39 is 6.04 Å². The molecular formula is C22H22BrN3O3. The molecule has 1 aliphatic carbocycles. The molecule has 3 amide bonds. The fourth-order valence-electron chi connectivity index (χ4n) is 3.70. The maximum absolute atomic E-state index is 13.0. The van der Waals surface area contributed by atoms with Gasteiger partial charge in [0.05, 0.1) is 6.54 Å². The van der Waals surface area contributed by atoms with Crippen LogP contribution in [0.2, 0.25) is 0 Å². The van der Waals surface area contributed by atoms with Gasteiger partial charge in [0.25, 0.3) is 5.91 Å². The first kappa shape index (κ1) is 19.6. The Balaban J connectivity index is 1.42. The number of carbonyl (C=O) groups is 3. The molecule has 1 N–H and O–H groups in total. The summed E-state index contributed by atoms with van der Waals surface area (Å²) in [6, 6.07) is 14.4. The van der Waals surface area contributed by atoms with Crippen molar-refractivity contribution in [2.75, 3.05) is 13.6 Å². The van der Waals surface area contributed by atoms with E-state index >= 15 is 0 Å². The third-order valence-corrected chi connectivity index (χ3v) is 6.17. The first-order valence-corrected chi connectivity index (χ1v) is 10.4. The van der Waals surface area contributed by atoms with Crippen LogP contribution in [0.4, 0.5) is 0 Å². The molecule has 0 aromatic heterocycles. The smallest absolute Gasteiger partial charge is 0.255 e. The molecule has 1 saturated carbocycles. The zero-order valence-electron chi connectivity index (χ0n) is 16.1. The second-order valence-electron chi connectivity index (χ2n) is 7.49. The van der Waals surface area contributed by atoms with Crippen LogP contribution in [-0.4, -0.2) is 47.2 Å². The molecule has 2 aromatic rings. The van der Waals surface area contributed by atoms with E-state index in [1.807, 2.05) is 42.5 Å². The van der Waals surface area contributed by atoms with Crippen LogP contribution in [-0.2, 0) is 16.1 Å². The Kier molecular flexibility index (Phi) is 5.41. The van der Waals surface area contributed by atoms with Gasteiger partial charge in [0.1, 0.15) is 6.04 Å². The second kappa shape index (κ2) is 7.99.